The first-order chi connectivity index (χ1) is 8.30. The van der Waals surface area contributed by atoms with E-state index in [4.69, 9.17) is 9.31 Å². The Morgan fingerprint density at radius 3 is 2.33 bits per heavy atom. The summed E-state index contributed by atoms with van der Waals surface area (Å²) in [7, 11) is 2.10. The van der Waals surface area contributed by atoms with Gasteiger partial charge in [-0.25, -0.2) is 0 Å². The summed E-state index contributed by atoms with van der Waals surface area (Å²) >= 11 is 0. The van der Waals surface area contributed by atoms with Crippen LogP contribution in [0.25, 0.3) is 0 Å². The lowest BCUT2D eigenvalue weighted by molar-refractivity contribution is 0.00578. The number of rotatable bonds is 1. The third kappa shape index (κ3) is 1.77. The third-order valence-electron chi connectivity index (χ3n) is 5.33. The number of hydrogen-bond acceptors (Lipinski definition) is 3. The van der Waals surface area contributed by atoms with Gasteiger partial charge in [0.1, 0.15) is 0 Å². The Labute approximate surface area is 111 Å². The second-order valence-electron chi connectivity index (χ2n) is 7.00. The lowest BCUT2D eigenvalue weighted by Gasteiger charge is -2.32. The predicted molar refractivity (Wildman–Crippen MR) is 73.4 cm³/mol. The topological polar surface area (TPSA) is 21.7 Å². The monoisotopic (exact) mass is 249 g/mol. The van der Waals surface area contributed by atoms with Crippen molar-refractivity contribution in [2.24, 2.45) is 0 Å². The second kappa shape index (κ2) is 3.84. The van der Waals surface area contributed by atoms with E-state index in [2.05, 4.69) is 45.7 Å². The van der Waals surface area contributed by atoms with Gasteiger partial charge in [0.15, 0.2) is 0 Å². The quantitative estimate of drug-likeness (QED) is 0.666. The van der Waals surface area contributed by atoms with Crippen molar-refractivity contribution >= 4 is 7.12 Å². The highest BCUT2D eigenvalue weighted by atomic mass is 16.7. The molecule has 2 bridgehead atoms. The van der Waals surface area contributed by atoms with Crippen LogP contribution < -0.4 is 0 Å². The van der Waals surface area contributed by atoms with Crippen molar-refractivity contribution in [2.75, 3.05) is 7.05 Å². The van der Waals surface area contributed by atoms with E-state index < -0.39 is 0 Å². The lowest BCUT2D eigenvalue weighted by atomic mass is 9.73. The Morgan fingerprint density at radius 2 is 1.78 bits per heavy atom. The first-order valence-electron chi connectivity index (χ1n) is 7.08. The van der Waals surface area contributed by atoms with E-state index in [1.54, 1.807) is 0 Å². The van der Waals surface area contributed by atoms with E-state index >= 15 is 0 Å². The van der Waals surface area contributed by atoms with Gasteiger partial charge >= 0.3 is 7.12 Å². The van der Waals surface area contributed by atoms with Gasteiger partial charge in [-0.2, -0.15) is 0 Å². The van der Waals surface area contributed by atoms with Gasteiger partial charge < -0.3 is 9.31 Å². The molecule has 2 saturated heterocycles. The molecule has 2 atom stereocenters. The molecule has 3 rings (SSSR count). The van der Waals surface area contributed by atoms with Gasteiger partial charge in [-0.15, -0.1) is 0 Å². The predicted octanol–water partition coefficient (Wildman–Crippen LogP) is 2.41. The largest absolute Gasteiger partial charge is 0.490 e. The van der Waals surface area contributed by atoms with Crippen LogP contribution in [0.4, 0.5) is 0 Å². The van der Waals surface area contributed by atoms with E-state index in [9.17, 15) is 0 Å². The van der Waals surface area contributed by atoms with Crippen LogP contribution in [0.2, 0.25) is 0 Å². The smallest absolute Gasteiger partial charge is 0.400 e. The Hall–Kier alpha value is -0.315. The molecule has 0 aromatic carbocycles. The minimum absolute atomic E-state index is 0.133. The molecule has 0 amide bonds. The van der Waals surface area contributed by atoms with Crippen molar-refractivity contribution in [2.45, 2.75) is 70.2 Å². The highest BCUT2D eigenvalue weighted by Gasteiger charge is 2.53. The fourth-order valence-electron chi connectivity index (χ4n) is 3.24. The van der Waals surface area contributed by atoms with Crippen LogP contribution in [0.3, 0.4) is 0 Å². The third-order valence-corrected chi connectivity index (χ3v) is 5.33. The highest BCUT2D eigenvalue weighted by Crippen LogP contribution is 2.42. The molecule has 3 heterocycles. The van der Waals surface area contributed by atoms with Gasteiger partial charge in [0, 0.05) is 12.1 Å². The maximum Gasteiger partial charge on any atom is 0.490 e. The molecule has 3 nitrogen and oxygen atoms in total. The zero-order valence-corrected chi connectivity index (χ0v) is 12.2. The van der Waals surface area contributed by atoms with E-state index in [1.165, 1.54) is 18.3 Å². The molecule has 0 aromatic heterocycles. The summed E-state index contributed by atoms with van der Waals surface area (Å²) in [6.07, 6.45) is 6.07. The standard InChI is InChI=1S/C14H24BNO2/c1-13(2)14(3,4)18-15(17-13)10-8-11-6-7-12(9-10)16(11)5/h8,11-12H,6-7,9H2,1-5H3/t11-,12-/m1/s1. The van der Waals surface area contributed by atoms with Crippen LogP contribution in [0.5, 0.6) is 0 Å². The molecule has 4 heteroatoms. The molecule has 3 aliphatic rings. The summed E-state index contributed by atoms with van der Waals surface area (Å²) in [5.41, 5.74) is 0.918. The molecule has 0 N–H and O–H groups in total. The fraction of sp³-hybridized carbons (Fsp3) is 0.857. The van der Waals surface area contributed by atoms with E-state index in [0.717, 1.165) is 6.42 Å². The Bertz CT molecular complexity index is 375. The first kappa shape index (κ1) is 12.7. The lowest BCUT2D eigenvalue weighted by Crippen LogP contribution is -2.41. The fourth-order valence-corrected chi connectivity index (χ4v) is 3.24. The molecule has 0 aromatic rings. The molecule has 0 aliphatic carbocycles. The SMILES string of the molecule is CN1[C@@H]2CC[C@@H]1C=C(B1OC(C)(C)C(C)(C)O1)C2. The minimum atomic E-state index is -0.221. The Kier molecular flexibility index (Phi) is 2.71. The van der Waals surface area contributed by atoms with Crippen LogP contribution in [-0.2, 0) is 9.31 Å². The average Bonchev–Trinajstić information content (AvgIpc) is 2.59. The van der Waals surface area contributed by atoms with Gasteiger partial charge in [-0.3, -0.25) is 4.90 Å². The van der Waals surface area contributed by atoms with Crippen LogP contribution in [-0.4, -0.2) is 42.4 Å². The number of nitrogens with zero attached hydrogens (tertiary/aromatic N) is 1. The molecule has 3 aliphatic heterocycles. The van der Waals surface area contributed by atoms with Gasteiger partial charge in [0.2, 0.25) is 0 Å². The normalized spacial score (nSPS) is 38.1. The average molecular weight is 249 g/mol. The minimum Gasteiger partial charge on any atom is -0.400 e. The molecular weight excluding hydrogens is 225 g/mol. The highest BCUT2D eigenvalue weighted by molar-refractivity contribution is 6.54. The van der Waals surface area contributed by atoms with Crippen molar-refractivity contribution in [3.8, 4) is 0 Å². The van der Waals surface area contributed by atoms with E-state index in [0.29, 0.717) is 12.1 Å². The van der Waals surface area contributed by atoms with Crippen molar-refractivity contribution in [1.82, 2.24) is 4.90 Å². The van der Waals surface area contributed by atoms with Gasteiger partial charge in [0.25, 0.3) is 0 Å². The van der Waals surface area contributed by atoms with Crippen LogP contribution in [0, 0.1) is 0 Å². The number of fused-ring (bicyclic) bond motifs is 2. The van der Waals surface area contributed by atoms with Crippen molar-refractivity contribution in [3.05, 3.63) is 11.5 Å². The number of hydrogen-bond donors (Lipinski definition) is 0. The molecule has 0 radical (unpaired) electrons. The zero-order chi connectivity index (χ0) is 13.1. The van der Waals surface area contributed by atoms with E-state index in [1.807, 2.05) is 0 Å². The summed E-state index contributed by atoms with van der Waals surface area (Å²) in [5.74, 6) is 0. The first-order valence-corrected chi connectivity index (χ1v) is 7.08. The maximum atomic E-state index is 6.15. The van der Waals surface area contributed by atoms with Crippen molar-refractivity contribution in [1.29, 1.82) is 0 Å². The summed E-state index contributed by atoms with van der Waals surface area (Å²) in [6, 6.07) is 1.28. The number of likely N-dealkylation sites (N-methyl/N-ethyl adjacent to an activating group) is 1. The summed E-state index contributed by atoms with van der Waals surface area (Å²) in [6.45, 7) is 8.49. The van der Waals surface area contributed by atoms with Gasteiger partial charge in [-0.05, 0) is 59.5 Å². The van der Waals surface area contributed by atoms with Gasteiger partial charge in [-0.1, -0.05) is 6.08 Å². The summed E-state index contributed by atoms with van der Waals surface area (Å²) in [5, 5.41) is 0. The van der Waals surface area contributed by atoms with Gasteiger partial charge in [0.05, 0.1) is 11.2 Å². The molecule has 0 unspecified atom stereocenters. The molecule has 2 fully saturated rings. The molecular formula is C14H24BNO2. The molecule has 100 valence electrons. The molecule has 18 heavy (non-hydrogen) atoms. The zero-order valence-electron chi connectivity index (χ0n) is 12.2. The Balaban J connectivity index is 1.80. The molecule has 0 saturated carbocycles. The van der Waals surface area contributed by atoms with Crippen LogP contribution >= 0.6 is 0 Å². The summed E-state index contributed by atoms with van der Waals surface area (Å²) < 4.78 is 12.3. The van der Waals surface area contributed by atoms with E-state index in [-0.39, 0.29) is 18.3 Å². The Morgan fingerprint density at radius 1 is 1.17 bits per heavy atom. The van der Waals surface area contributed by atoms with Crippen molar-refractivity contribution in [3.63, 3.8) is 0 Å². The second-order valence-corrected chi connectivity index (χ2v) is 7.00. The summed E-state index contributed by atoms with van der Waals surface area (Å²) in [4.78, 5) is 2.49. The van der Waals surface area contributed by atoms with Crippen LogP contribution in [0.1, 0.15) is 47.0 Å². The maximum absolute atomic E-state index is 6.15. The van der Waals surface area contributed by atoms with Crippen LogP contribution in [0.15, 0.2) is 11.5 Å². The van der Waals surface area contributed by atoms with Crippen molar-refractivity contribution < 1.29 is 9.31 Å². The molecule has 0 spiro atoms.